The number of hydrogen-bond donors (Lipinski definition) is 0. The van der Waals surface area contributed by atoms with Crippen molar-refractivity contribution in [1.82, 2.24) is 9.80 Å². The Kier molecular flexibility index (Phi) is 6.43. The maximum Gasteiger partial charge on any atom is 0.292 e. The van der Waals surface area contributed by atoms with Crippen LogP contribution in [0, 0.1) is 0 Å². The van der Waals surface area contributed by atoms with Crippen molar-refractivity contribution < 1.29 is 28.6 Å². The topological polar surface area (TPSA) is 85.4 Å². The van der Waals surface area contributed by atoms with Crippen LogP contribution in [0.3, 0.4) is 0 Å². The summed E-state index contributed by atoms with van der Waals surface area (Å²) in [6.45, 7) is 3.04. The number of amides is 2. The van der Waals surface area contributed by atoms with Crippen LogP contribution in [0.15, 0.2) is 48.5 Å². The van der Waals surface area contributed by atoms with E-state index in [0.717, 1.165) is 5.56 Å². The number of ether oxygens (including phenoxy) is 3. The van der Waals surface area contributed by atoms with Gasteiger partial charge in [-0.3, -0.25) is 19.3 Å². The predicted octanol–water partition coefficient (Wildman–Crippen LogP) is 3.12. The molecule has 8 nitrogen and oxygen atoms in total. The van der Waals surface area contributed by atoms with Gasteiger partial charge in [-0.05, 0) is 30.7 Å². The maximum absolute atomic E-state index is 12.8. The van der Waals surface area contributed by atoms with Crippen LogP contribution in [0.5, 0.6) is 11.5 Å². The first-order chi connectivity index (χ1) is 15.1. The fraction of sp³-hybridized carbons (Fsp3) is 0.318. The lowest BCUT2D eigenvalue weighted by atomic mass is 10.1. The minimum atomic E-state index is -0.977. The molecule has 1 unspecified atom stereocenters. The quantitative estimate of drug-likeness (QED) is 0.621. The summed E-state index contributed by atoms with van der Waals surface area (Å²) in [5.41, 5.74) is 1.33. The lowest BCUT2D eigenvalue weighted by Gasteiger charge is -2.29. The van der Waals surface area contributed by atoms with Gasteiger partial charge in [0, 0.05) is 24.9 Å². The molecular formula is C22H22N2O6S. The van der Waals surface area contributed by atoms with E-state index >= 15 is 0 Å². The van der Waals surface area contributed by atoms with Gasteiger partial charge in [-0.2, -0.15) is 0 Å². The normalized spacial score (nSPS) is 18.2. The van der Waals surface area contributed by atoms with E-state index in [1.165, 1.54) is 9.80 Å². The maximum atomic E-state index is 12.8. The lowest BCUT2D eigenvalue weighted by molar-refractivity contribution is -0.130. The molecule has 2 aliphatic rings. The monoisotopic (exact) mass is 442 g/mol. The highest BCUT2D eigenvalue weighted by Gasteiger charge is 2.40. The Morgan fingerprint density at radius 2 is 1.94 bits per heavy atom. The van der Waals surface area contributed by atoms with Crippen LogP contribution in [0.4, 0.5) is 4.79 Å². The van der Waals surface area contributed by atoms with Crippen molar-refractivity contribution >= 4 is 28.0 Å². The van der Waals surface area contributed by atoms with Gasteiger partial charge in [-0.1, -0.05) is 30.3 Å². The molecule has 0 N–H and O–H groups in total. The molecule has 1 saturated heterocycles. The van der Waals surface area contributed by atoms with Crippen LogP contribution in [0.2, 0.25) is 0 Å². The first-order valence-electron chi connectivity index (χ1n) is 9.93. The molecule has 0 spiro atoms. The summed E-state index contributed by atoms with van der Waals surface area (Å²) in [6.07, 6.45) is -0.977. The molecule has 2 amide bonds. The first-order valence-corrected chi connectivity index (χ1v) is 10.7. The highest BCUT2D eigenvalue weighted by molar-refractivity contribution is 8.26. The van der Waals surface area contributed by atoms with Gasteiger partial charge in [-0.25, -0.2) is 0 Å². The smallest absolute Gasteiger partial charge is 0.292 e. The van der Waals surface area contributed by atoms with Gasteiger partial charge in [0.25, 0.3) is 11.1 Å². The molecule has 1 fully saturated rings. The fourth-order valence-corrected chi connectivity index (χ4v) is 4.12. The molecule has 2 aliphatic heterocycles. The number of fused-ring (bicyclic) bond motifs is 1. The standard InChI is InChI=1S/C22H22N2O6S/c1-2-28-16-8-9-18-17(12-16)19(25)23(14-30-18)10-11-29-20-21(26)31-22(27)24(20)13-15-6-4-3-5-7-15/h3-9,12,20H,2,10-11,13-14H2,1H3. The van der Waals surface area contributed by atoms with Gasteiger partial charge in [0.2, 0.25) is 11.3 Å². The number of hydrogen-bond acceptors (Lipinski definition) is 7. The van der Waals surface area contributed by atoms with Crippen molar-refractivity contribution in [3.05, 3.63) is 59.7 Å². The van der Waals surface area contributed by atoms with Gasteiger partial charge in [0.15, 0.2) is 6.73 Å². The second kappa shape index (κ2) is 9.40. The van der Waals surface area contributed by atoms with Gasteiger partial charge in [-0.15, -0.1) is 0 Å². The van der Waals surface area contributed by atoms with E-state index in [2.05, 4.69) is 0 Å². The molecule has 0 radical (unpaired) electrons. The van der Waals surface area contributed by atoms with E-state index in [4.69, 9.17) is 14.2 Å². The summed E-state index contributed by atoms with van der Waals surface area (Å²) in [7, 11) is 0. The zero-order valence-electron chi connectivity index (χ0n) is 17.0. The number of benzene rings is 2. The van der Waals surface area contributed by atoms with E-state index in [0.29, 0.717) is 35.4 Å². The average molecular weight is 442 g/mol. The van der Waals surface area contributed by atoms with Gasteiger partial charge < -0.3 is 19.1 Å². The molecule has 31 heavy (non-hydrogen) atoms. The van der Waals surface area contributed by atoms with E-state index in [9.17, 15) is 14.4 Å². The number of rotatable bonds is 8. The minimum Gasteiger partial charge on any atom is -0.494 e. The Labute approximate surface area is 184 Å². The Morgan fingerprint density at radius 1 is 1.13 bits per heavy atom. The highest BCUT2D eigenvalue weighted by atomic mass is 32.2. The number of thioether (sulfide) groups is 1. The van der Waals surface area contributed by atoms with Crippen molar-refractivity contribution in [3.63, 3.8) is 0 Å². The molecule has 0 saturated carbocycles. The predicted molar refractivity (Wildman–Crippen MR) is 114 cm³/mol. The second-order valence-corrected chi connectivity index (χ2v) is 7.91. The minimum absolute atomic E-state index is 0.0865. The van der Waals surface area contributed by atoms with Crippen molar-refractivity contribution in [2.45, 2.75) is 19.7 Å². The Morgan fingerprint density at radius 3 is 2.71 bits per heavy atom. The molecule has 2 aromatic carbocycles. The molecule has 1 atom stereocenters. The Hall–Kier alpha value is -3.04. The molecule has 0 aliphatic carbocycles. The van der Waals surface area contributed by atoms with E-state index in [1.807, 2.05) is 37.3 Å². The highest BCUT2D eigenvalue weighted by Crippen LogP contribution is 2.30. The van der Waals surface area contributed by atoms with Crippen molar-refractivity contribution in [1.29, 1.82) is 0 Å². The molecule has 2 aromatic rings. The summed E-state index contributed by atoms with van der Waals surface area (Å²) >= 11 is 0.643. The third kappa shape index (κ3) is 4.67. The molecule has 0 aromatic heterocycles. The van der Waals surface area contributed by atoms with Crippen LogP contribution >= 0.6 is 11.8 Å². The van der Waals surface area contributed by atoms with Crippen LogP contribution in [-0.4, -0.2) is 58.8 Å². The third-order valence-corrected chi connectivity index (χ3v) is 5.71. The third-order valence-electron chi connectivity index (χ3n) is 4.90. The Bertz CT molecular complexity index is 983. The molecule has 9 heteroatoms. The summed E-state index contributed by atoms with van der Waals surface area (Å²) in [6, 6.07) is 14.5. The lowest BCUT2D eigenvalue weighted by Crippen LogP contribution is -2.43. The van der Waals surface area contributed by atoms with Crippen molar-refractivity contribution in [2.24, 2.45) is 0 Å². The SMILES string of the molecule is CCOc1ccc2c(c1)C(=O)N(CCOC1C(=O)SC(=O)N1Cc1ccccc1)CO2. The van der Waals surface area contributed by atoms with E-state index in [1.54, 1.807) is 18.2 Å². The van der Waals surface area contributed by atoms with Crippen molar-refractivity contribution in [3.8, 4) is 11.5 Å². The number of carbonyl (C=O) groups is 3. The van der Waals surface area contributed by atoms with Crippen LogP contribution in [0.25, 0.3) is 0 Å². The van der Waals surface area contributed by atoms with Crippen molar-refractivity contribution in [2.75, 3.05) is 26.5 Å². The summed E-state index contributed by atoms with van der Waals surface area (Å²) < 4.78 is 16.8. The van der Waals surface area contributed by atoms with Gasteiger partial charge >= 0.3 is 0 Å². The number of carbonyl (C=O) groups excluding carboxylic acids is 3. The zero-order chi connectivity index (χ0) is 21.8. The van der Waals surface area contributed by atoms with E-state index < -0.39 is 6.23 Å². The average Bonchev–Trinajstić information content (AvgIpc) is 3.03. The summed E-state index contributed by atoms with van der Waals surface area (Å²) in [5.74, 6) is 0.906. The zero-order valence-corrected chi connectivity index (χ0v) is 17.8. The van der Waals surface area contributed by atoms with Crippen LogP contribution in [-0.2, 0) is 16.1 Å². The van der Waals surface area contributed by atoms with Gasteiger partial charge in [0.1, 0.15) is 11.5 Å². The Balaban J connectivity index is 1.37. The molecule has 4 rings (SSSR count). The summed E-state index contributed by atoms with van der Waals surface area (Å²) in [5, 5.41) is -0.692. The van der Waals surface area contributed by atoms with Crippen LogP contribution < -0.4 is 9.47 Å². The number of nitrogens with zero attached hydrogens (tertiary/aromatic N) is 2. The molecule has 0 bridgehead atoms. The van der Waals surface area contributed by atoms with Crippen LogP contribution in [0.1, 0.15) is 22.8 Å². The molecular weight excluding hydrogens is 420 g/mol. The molecule has 162 valence electrons. The fourth-order valence-electron chi connectivity index (χ4n) is 3.38. The van der Waals surface area contributed by atoms with Gasteiger partial charge in [0.05, 0.1) is 18.8 Å². The summed E-state index contributed by atoms with van der Waals surface area (Å²) in [4.78, 5) is 40.2. The largest absolute Gasteiger partial charge is 0.494 e. The first kappa shape index (κ1) is 21.2. The second-order valence-electron chi connectivity index (χ2n) is 6.96. The molecule has 2 heterocycles. The van der Waals surface area contributed by atoms with E-state index in [-0.39, 0.29) is 42.7 Å².